The normalized spacial score (nSPS) is 21.5. The van der Waals surface area contributed by atoms with Gasteiger partial charge in [-0.25, -0.2) is 4.98 Å². The van der Waals surface area contributed by atoms with E-state index in [0.29, 0.717) is 29.8 Å². The number of hydrogen-bond donors (Lipinski definition) is 2. The van der Waals surface area contributed by atoms with E-state index in [1.807, 2.05) is 6.92 Å². The average Bonchev–Trinajstić information content (AvgIpc) is 2.78. The number of rotatable bonds is 5. The first-order valence-corrected chi connectivity index (χ1v) is 11.0. The van der Waals surface area contributed by atoms with E-state index in [1.165, 1.54) is 12.8 Å². The van der Waals surface area contributed by atoms with Crippen LogP contribution in [-0.4, -0.2) is 40.5 Å². The lowest BCUT2D eigenvalue weighted by Gasteiger charge is -2.44. The second kappa shape index (κ2) is 9.33. The summed E-state index contributed by atoms with van der Waals surface area (Å²) in [5, 5.41) is 15.1. The SMILES string of the molecule is Cc1ccc(Nc2ncc(C(F)(F)F)c(NC[C@@H]3CCCN4CCCC[C@H]34)n2)cc1C#N. The molecule has 0 saturated carbocycles. The van der Waals surface area contributed by atoms with Gasteiger partial charge >= 0.3 is 6.18 Å². The number of nitriles is 1. The summed E-state index contributed by atoms with van der Waals surface area (Å²) in [6.07, 6.45) is 1.81. The van der Waals surface area contributed by atoms with Crippen molar-refractivity contribution in [1.29, 1.82) is 5.26 Å². The van der Waals surface area contributed by atoms with E-state index in [-0.39, 0.29) is 11.8 Å². The first-order chi connectivity index (χ1) is 15.3. The summed E-state index contributed by atoms with van der Waals surface area (Å²) in [5.74, 6) is 0.138. The maximum atomic E-state index is 13.6. The highest BCUT2D eigenvalue weighted by Gasteiger charge is 2.37. The number of nitrogens with one attached hydrogen (secondary N) is 2. The van der Waals surface area contributed by atoms with Crippen molar-refractivity contribution in [2.24, 2.45) is 5.92 Å². The number of fused-ring (bicyclic) bond motifs is 1. The van der Waals surface area contributed by atoms with Gasteiger partial charge in [0.15, 0.2) is 0 Å². The molecule has 0 spiro atoms. The molecule has 2 aromatic rings. The average molecular weight is 445 g/mol. The highest BCUT2D eigenvalue weighted by Crippen LogP contribution is 2.35. The summed E-state index contributed by atoms with van der Waals surface area (Å²) < 4.78 is 40.8. The van der Waals surface area contributed by atoms with Gasteiger partial charge in [-0.3, -0.25) is 0 Å². The van der Waals surface area contributed by atoms with Gasteiger partial charge in [-0.1, -0.05) is 12.5 Å². The predicted octanol–water partition coefficient (Wildman–Crippen LogP) is 5.10. The fraction of sp³-hybridized carbons (Fsp3) is 0.522. The Morgan fingerprint density at radius 3 is 2.78 bits per heavy atom. The Morgan fingerprint density at radius 2 is 2.00 bits per heavy atom. The van der Waals surface area contributed by atoms with E-state index < -0.39 is 11.7 Å². The smallest absolute Gasteiger partial charge is 0.369 e. The minimum absolute atomic E-state index is 0.0520. The quantitative estimate of drug-likeness (QED) is 0.669. The lowest BCUT2D eigenvalue weighted by Crippen LogP contribution is -2.49. The summed E-state index contributed by atoms with van der Waals surface area (Å²) in [5.41, 5.74) is 0.969. The molecular weight excluding hydrogens is 417 g/mol. The Hall–Kier alpha value is -2.86. The molecule has 2 saturated heterocycles. The Balaban J connectivity index is 1.54. The van der Waals surface area contributed by atoms with Crippen molar-refractivity contribution >= 4 is 17.5 Å². The summed E-state index contributed by atoms with van der Waals surface area (Å²) in [7, 11) is 0. The van der Waals surface area contributed by atoms with Gasteiger partial charge in [0.05, 0.1) is 11.6 Å². The van der Waals surface area contributed by atoms with Crippen molar-refractivity contribution in [3.63, 3.8) is 0 Å². The lowest BCUT2D eigenvalue weighted by atomic mass is 9.83. The van der Waals surface area contributed by atoms with E-state index in [2.05, 4.69) is 31.6 Å². The number of hydrogen-bond acceptors (Lipinski definition) is 6. The van der Waals surface area contributed by atoms with Crippen molar-refractivity contribution in [1.82, 2.24) is 14.9 Å². The fourth-order valence-electron chi connectivity index (χ4n) is 4.78. The second-order valence-corrected chi connectivity index (χ2v) is 8.60. The molecule has 0 amide bonds. The minimum Gasteiger partial charge on any atom is -0.369 e. The molecule has 2 aliphatic heterocycles. The maximum Gasteiger partial charge on any atom is 0.421 e. The number of benzene rings is 1. The molecule has 3 heterocycles. The third-order valence-corrected chi connectivity index (χ3v) is 6.47. The molecule has 0 radical (unpaired) electrons. The number of halogens is 3. The van der Waals surface area contributed by atoms with Gasteiger partial charge in [0, 0.05) is 24.5 Å². The maximum absolute atomic E-state index is 13.6. The molecule has 0 unspecified atom stereocenters. The number of aromatic nitrogens is 2. The van der Waals surface area contributed by atoms with E-state index in [9.17, 15) is 18.4 Å². The molecule has 0 bridgehead atoms. The summed E-state index contributed by atoms with van der Waals surface area (Å²) in [6, 6.07) is 7.66. The molecule has 170 valence electrons. The molecule has 1 aromatic carbocycles. The molecule has 2 atom stereocenters. The zero-order chi connectivity index (χ0) is 22.7. The topological polar surface area (TPSA) is 76.9 Å². The van der Waals surface area contributed by atoms with Crippen LogP contribution in [0.15, 0.2) is 24.4 Å². The van der Waals surface area contributed by atoms with Crippen molar-refractivity contribution in [3.05, 3.63) is 41.1 Å². The first-order valence-electron chi connectivity index (χ1n) is 11.0. The van der Waals surface area contributed by atoms with Crippen LogP contribution in [0.25, 0.3) is 0 Å². The molecule has 6 nitrogen and oxygen atoms in total. The minimum atomic E-state index is -4.55. The van der Waals surface area contributed by atoms with Crippen LogP contribution < -0.4 is 10.6 Å². The molecular formula is C23H27F3N6. The molecule has 9 heteroatoms. The molecule has 4 rings (SSSR count). The van der Waals surface area contributed by atoms with Crippen LogP contribution in [0.4, 0.5) is 30.6 Å². The van der Waals surface area contributed by atoms with Crippen LogP contribution >= 0.6 is 0 Å². The third kappa shape index (κ3) is 4.96. The first kappa shape index (κ1) is 22.3. The van der Waals surface area contributed by atoms with Gasteiger partial charge in [0.2, 0.25) is 5.95 Å². The summed E-state index contributed by atoms with van der Waals surface area (Å²) in [4.78, 5) is 10.5. The number of alkyl halides is 3. The highest BCUT2D eigenvalue weighted by atomic mass is 19.4. The molecule has 0 aliphatic carbocycles. The third-order valence-electron chi connectivity index (χ3n) is 6.47. The Bertz CT molecular complexity index is 998. The lowest BCUT2D eigenvalue weighted by molar-refractivity contribution is -0.137. The highest BCUT2D eigenvalue weighted by molar-refractivity contribution is 5.60. The van der Waals surface area contributed by atoms with E-state index >= 15 is 0 Å². The van der Waals surface area contributed by atoms with E-state index in [0.717, 1.165) is 44.1 Å². The second-order valence-electron chi connectivity index (χ2n) is 8.60. The molecule has 1 aromatic heterocycles. The monoisotopic (exact) mass is 444 g/mol. The van der Waals surface area contributed by atoms with E-state index in [1.54, 1.807) is 18.2 Å². The molecule has 2 fully saturated rings. The number of aryl methyl sites for hydroxylation is 1. The summed E-state index contributed by atoms with van der Waals surface area (Å²) >= 11 is 0. The van der Waals surface area contributed by atoms with Gasteiger partial charge in [0.1, 0.15) is 11.4 Å². The van der Waals surface area contributed by atoms with Crippen LogP contribution in [-0.2, 0) is 6.18 Å². The standard InChI is InChI=1S/C23H27F3N6/c1-15-7-8-18(11-17(15)12-27)30-22-29-14-19(23(24,25)26)21(31-22)28-13-16-5-4-10-32-9-3-2-6-20(16)32/h7-8,11,14,16,20H,2-6,9-10,13H2,1H3,(H2,28,29,30,31)/t16-,20+/m0/s1. The zero-order valence-corrected chi connectivity index (χ0v) is 18.0. The zero-order valence-electron chi connectivity index (χ0n) is 18.0. The van der Waals surface area contributed by atoms with Gasteiger partial charge in [0.25, 0.3) is 0 Å². The molecule has 2 N–H and O–H groups in total. The van der Waals surface area contributed by atoms with Crippen LogP contribution in [0.5, 0.6) is 0 Å². The van der Waals surface area contributed by atoms with Crippen molar-refractivity contribution < 1.29 is 13.2 Å². The van der Waals surface area contributed by atoms with Crippen LogP contribution in [0.3, 0.4) is 0 Å². The summed E-state index contributed by atoms with van der Waals surface area (Å²) in [6.45, 7) is 4.43. The van der Waals surface area contributed by atoms with Crippen LogP contribution in [0.2, 0.25) is 0 Å². The largest absolute Gasteiger partial charge is 0.421 e. The Morgan fingerprint density at radius 1 is 1.19 bits per heavy atom. The van der Waals surface area contributed by atoms with Gasteiger partial charge < -0.3 is 15.5 Å². The Kier molecular flexibility index (Phi) is 6.51. The molecule has 32 heavy (non-hydrogen) atoms. The van der Waals surface area contributed by atoms with Gasteiger partial charge in [-0.15, -0.1) is 0 Å². The predicted molar refractivity (Wildman–Crippen MR) is 117 cm³/mol. The van der Waals surface area contributed by atoms with Crippen LogP contribution in [0.1, 0.15) is 48.8 Å². The van der Waals surface area contributed by atoms with Crippen molar-refractivity contribution in [2.75, 3.05) is 30.3 Å². The van der Waals surface area contributed by atoms with Gasteiger partial charge in [-0.05, 0) is 69.3 Å². The number of piperidine rings is 2. The van der Waals surface area contributed by atoms with Crippen molar-refractivity contribution in [2.45, 2.75) is 51.2 Å². The number of anilines is 3. The van der Waals surface area contributed by atoms with E-state index in [4.69, 9.17) is 0 Å². The molecule has 2 aliphatic rings. The Labute approximate surface area is 185 Å². The van der Waals surface area contributed by atoms with Crippen molar-refractivity contribution in [3.8, 4) is 6.07 Å². The van der Waals surface area contributed by atoms with Gasteiger partial charge in [-0.2, -0.15) is 23.4 Å². The van der Waals surface area contributed by atoms with Crippen LogP contribution in [0, 0.1) is 24.2 Å². The fourth-order valence-corrected chi connectivity index (χ4v) is 4.78. The number of nitrogens with zero attached hydrogens (tertiary/aromatic N) is 4.